The average Bonchev–Trinajstić information content (AvgIpc) is 3.25. The molecule has 0 amide bonds. The minimum Gasteiger partial charge on any atom is -0.449 e. The van der Waals surface area contributed by atoms with Gasteiger partial charge in [-0.25, -0.2) is 14.5 Å². The number of nitrogens with zero attached hydrogens (tertiary/aromatic N) is 6. The van der Waals surface area contributed by atoms with E-state index in [0.29, 0.717) is 5.82 Å². The van der Waals surface area contributed by atoms with Crippen molar-refractivity contribution in [3.63, 3.8) is 0 Å². The van der Waals surface area contributed by atoms with Crippen molar-refractivity contribution in [3.8, 4) is 5.69 Å². The van der Waals surface area contributed by atoms with Gasteiger partial charge in [-0.05, 0) is 26.0 Å². The highest BCUT2D eigenvalue weighted by Gasteiger charge is 2.23. The first-order valence-electron chi connectivity index (χ1n) is 7.10. The van der Waals surface area contributed by atoms with E-state index in [-0.39, 0.29) is 22.8 Å². The molecule has 0 aliphatic carbocycles. The van der Waals surface area contributed by atoms with Gasteiger partial charge in [0, 0.05) is 6.07 Å². The van der Waals surface area contributed by atoms with Crippen LogP contribution in [-0.4, -0.2) is 35.8 Å². The minimum atomic E-state index is -0.789. The molecule has 0 unspecified atom stereocenters. The van der Waals surface area contributed by atoms with Gasteiger partial charge in [0.15, 0.2) is 11.9 Å². The maximum absolute atomic E-state index is 12.2. The van der Waals surface area contributed by atoms with Gasteiger partial charge in [0.25, 0.3) is 11.6 Å². The Balaban J connectivity index is 1.86. The molecule has 11 heteroatoms. The molecule has 2 aromatic heterocycles. The number of benzene rings is 1. The molecule has 0 N–H and O–H groups in total. The monoisotopic (exact) mass is 344 g/mol. The van der Waals surface area contributed by atoms with Crippen LogP contribution in [0.1, 0.15) is 35.1 Å². The summed E-state index contributed by atoms with van der Waals surface area (Å²) in [5.74, 6) is -0.207. The van der Waals surface area contributed by atoms with Gasteiger partial charge in [-0.15, -0.1) is 0 Å². The Hall–Kier alpha value is -3.63. The molecule has 0 saturated carbocycles. The number of rotatable bonds is 5. The third-order valence-electron chi connectivity index (χ3n) is 3.25. The van der Waals surface area contributed by atoms with Gasteiger partial charge in [0.1, 0.15) is 18.3 Å². The summed E-state index contributed by atoms with van der Waals surface area (Å²) in [4.78, 5) is 30.6. The van der Waals surface area contributed by atoms with Crippen molar-refractivity contribution in [1.29, 1.82) is 0 Å². The molecule has 0 bridgehead atoms. The second-order valence-corrected chi connectivity index (χ2v) is 5.03. The van der Waals surface area contributed by atoms with Crippen molar-refractivity contribution in [2.45, 2.75) is 20.0 Å². The Morgan fingerprint density at radius 3 is 2.84 bits per heavy atom. The summed E-state index contributed by atoms with van der Waals surface area (Å²) in [6.07, 6.45) is 1.78. The summed E-state index contributed by atoms with van der Waals surface area (Å²) in [7, 11) is 0. The Bertz CT molecular complexity index is 920. The standard InChI is InChI=1S/C14H12N6O5/c1-8(13-17-9(2)18-25-13)24-14(21)10-3-4-11(12(5-10)20(22)23)19-7-15-6-16-19/h3-8H,1-2H3/t8-/m1/s1. The van der Waals surface area contributed by atoms with E-state index >= 15 is 0 Å². The van der Waals surface area contributed by atoms with Crippen LogP contribution < -0.4 is 0 Å². The third kappa shape index (κ3) is 3.34. The first-order chi connectivity index (χ1) is 12.0. The largest absolute Gasteiger partial charge is 0.449 e. The van der Waals surface area contributed by atoms with Crippen molar-refractivity contribution >= 4 is 11.7 Å². The van der Waals surface area contributed by atoms with Crippen LogP contribution in [-0.2, 0) is 4.74 Å². The highest BCUT2D eigenvalue weighted by atomic mass is 16.6. The number of aryl methyl sites for hydroxylation is 1. The fourth-order valence-corrected chi connectivity index (χ4v) is 2.08. The number of hydrogen-bond acceptors (Lipinski definition) is 9. The van der Waals surface area contributed by atoms with Gasteiger partial charge in [0.2, 0.25) is 0 Å². The Morgan fingerprint density at radius 1 is 1.44 bits per heavy atom. The molecule has 1 aromatic carbocycles. The number of carbonyl (C=O) groups excluding carboxylic acids is 1. The SMILES string of the molecule is Cc1noc([C@@H](C)OC(=O)c2ccc(-n3cncn3)c([N+](=O)[O-])c2)n1. The molecular weight excluding hydrogens is 332 g/mol. The van der Waals surface area contributed by atoms with Crippen LogP contribution in [0.3, 0.4) is 0 Å². The van der Waals surface area contributed by atoms with Crippen LogP contribution in [0.15, 0.2) is 35.4 Å². The number of ether oxygens (including phenoxy) is 1. The van der Waals surface area contributed by atoms with Gasteiger partial charge in [-0.1, -0.05) is 5.16 Å². The second-order valence-electron chi connectivity index (χ2n) is 5.03. The van der Waals surface area contributed by atoms with E-state index < -0.39 is 17.0 Å². The lowest BCUT2D eigenvalue weighted by molar-refractivity contribution is -0.384. The molecule has 0 spiro atoms. The normalized spacial score (nSPS) is 11.9. The third-order valence-corrected chi connectivity index (χ3v) is 3.25. The predicted molar refractivity (Wildman–Crippen MR) is 80.9 cm³/mol. The Kier molecular flexibility index (Phi) is 4.20. The average molecular weight is 344 g/mol. The molecule has 0 aliphatic heterocycles. The van der Waals surface area contributed by atoms with Crippen LogP contribution in [0.25, 0.3) is 5.69 Å². The van der Waals surface area contributed by atoms with E-state index in [1.807, 2.05) is 0 Å². The molecule has 25 heavy (non-hydrogen) atoms. The number of carbonyl (C=O) groups is 1. The van der Waals surface area contributed by atoms with Crippen LogP contribution in [0.5, 0.6) is 0 Å². The molecule has 0 aliphatic rings. The topological polar surface area (TPSA) is 139 Å². The highest BCUT2D eigenvalue weighted by Crippen LogP contribution is 2.25. The van der Waals surface area contributed by atoms with E-state index in [1.165, 1.54) is 29.5 Å². The first-order valence-corrected chi connectivity index (χ1v) is 7.10. The zero-order valence-corrected chi connectivity index (χ0v) is 13.2. The molecule has 0 fully saturated rings. The molecule has 0 radical (unpaired) electrons. The van der Waals surface area contributed by atoms with Gasteiger partial charge >= 0.3 is 5.97 Å². The summed E-state index contributed by atoms with van der Waals surface area (Å²) < 4.78 is 11.4. The van der Waals surface area contributed by atoms with E-state index in [4.69, 9.17) is 9.26 Å². The van der Waals surface area contributed by atoms with Gasteiger partial charge in [-0.3, -0.25) is 10.1 Å². The summed E-state index contributed by atoms with van der Waals surface area (Å²) in [5, 5.41) is 18.8. The quantitative estimate of drug-likeness (QED) is 0.385. The molecule has 1 atom stereocenters. The van der Waals surface area contributed by atoms with Gasteiger partial charge < -0.3 is 9.26 Å². The van der Waals surface area contributed by atoms with Crippen molar-refractivity contribution < 1.29 is 19.0 Å². The lowest BCUT2D eigenvalue weighted by Gasteiger charge is -2.10. The Morgan fingerprint density at radius 2 is 2.24 bits per heavy atom. The van der Waals surface area contributed by atoms with Crippen molar-refractivity contribution in [2.24, 2.45) is 0 Å². The van der Waals surface area contributed by atoms with Crippen LogP contribution in [0, 0.1) is 17.0 Å². The summed E-state index contributed by atoms with van der Waals surface area (Å²) >= 11 is 0. The maximum atomic E-state index is 12.2. The van der Waals surface area contributed by atoms with Gasteiger partial charge in [-0.2, -0.15) is 10.1 Å². The molecule has 3 aromatic rings. The number of esters is 1. The first kappa shape index (κ1) is 16.2. The molecule has 2 heterocycles. The lowest BCUT2D eigenvalue weighted by atomic mass is 10.1. The van der Waals surface area contributed by atoms with Crippen molar-refractivity contribution in [3.05, 3.63) is 58.2 Å². The fourth-order valence-electron chi connectivity index (χ4n) is 2.08. The van der Waals surface area contributed by atoms with Gasteiger partial charge in [0.05, 0.1) is 10.5 Å². The highest BCUT2D eigenvalue weighted by molar-refractivity contribution is 5.91. The Labute approximate surface area is 140 Å². The zero-order valence-electron chi connectivity index (χ0n) is 13.2. The fraction of sp³-hybridized carbons (Fsp3) is 0.214. The van der Waals surface area contributed by atoms with Crippen LogP contribution in [0.2, 0.25) is 0 Å². The van der Waals surface area contributed by atoms with E-state index in [0.717, 1.165) is 6.07 Å². The smallest absolute Gasteiger partial charge is 0.339 e. The summed E-state index contributed by atoms with van der Waals surface area (Å²) in [6, 6.07) is 3.91. The minimum absolute atomic E-state index is 0.0126. The maximum Gasteiger partial charge on any atom is 0.339 e. The van der Waals surface area contributed by atoms with Crippen molar-refractivity contribution in [1.82, 2.24) is 24.9 Å². The van der Waals surface area contributed by atoms with E-state index in [2.05, 4.69) is 20.2 Å². The molecular formula is C14H12N6O5. The predicted octanol–water partition coefficient (Wildman–Crippen LogP) is 1.78. The molecule has 11 nitrogen and oxygen atoms in total. The van der Waals surface area contributed by atoms with Crippen LogP contribution >= 0.6 is 0 Å². The number of aromatic nitrogens is 5. The van der Waals surface area contributed by atoms with Crippen LogP contribution in [0.4, 0.5) is 5.69 Å². The van der Waals surface area contributed by atoms with E-state index in [9.17, 15) is 14.9 Å². The molecule has 128 valence electrons. The zero-order chi connectivity index (χ0) is 18.0. The van der Waals surface area contributed by atoms with Crippen molar-refractivity contribution in [2.75, 3.05) is 0 Å². The second kappa shape index (κ2) is 6.47. The van der Waals surface area contributed by atoms with E-state index in [1.54, 1.807) is 13.8 Å². The number of nitro benzene ring substituents is 1. The number of nitro groups is 1. The molecule has 0 saturated heterocycles. The lowest BCUT2D eigenvalue weighted by Crippen LogP contribution is -2.11. The summed E-state index contributed by atoms with van der Waals surface area (Å²) in [5.41, 5.74) is -0.112. The number of hydrogen-bond donors (Lipinski definition) is 0. The summed E-state index contributed by atoms with van der Waals surface area (Å²) in [6.45, 7) is 3.19. The molecule has 3 rings (SSSR count).